The lowest BCUT2D eigenvalue weighted by atomic mass is 10.2. The lowest BCUT2D eigenvalue weighted by Crippen LogP contribution is -2.38. The standard InChI is InChI=1S/C12H19NO4/c1-2-13(7-8-4-3-5-17-8)11(14)9-6-10(9)12(15)16/h8-10H,2-7H2,1H3,(H,15,16)/t8?,9-,10+/m1/s1. The van der Waals surface area contributed by atoms with E-state index in [1.54, 1.807) is 4.90 Å². The first-order valence-corrected chi connectivity index (χ1v) is 6.26. The van der Waals surface area contributed by atoms with Crippen LogP contribution in [0.2, 0.25) is 0 Å². The van der Waals surface area contributed by atoms with Crippen LogP contribution in [-0.4, -0.2) is 47.7 Å². The van der Waals surface area contributed by atoms with E-state index in [1.165, 1.54) is 0 Å². The average Bonchev–Trinajstić information content (AvgIpc) is 2.96. The summed E-state index contributed by atoms with van der Waals surface area (Å²) in [5.74, 6) is -1.62. The number of carbonyl (C=O) groups excluding carboxylic acids is 1. The zero-order valence-electron chi connectivity index (χ0n) is 10.1. The van der Waals surface area contributed by atoms with E-state index in [4.69, 9.17) is 9.84 Å². The summed E-state index contributed by atoms with van der Waals surface area (Å²) in [6.07, 6.45) is 2.69. The Hall–Kier alpha value is -1.10. The molecule has 0 radical (unpaired) electrons. The van der Waals surface area contributed by atoms with Crippen LogP contribution in [0, 0.1) is 11.8 Å². The van der Waals surface area contributed by atoms with Gasteiger partial charge in [0.15, 0.2) is 0 Å². The SMILES string of the molecule is CCN(CC1CCCO1)C(=O)[C@@H]1C[C@@H]1C(=O)O. The maximum Gasteiger partial charge on any atom is 0.307 e. The number of aliphatic carboxylic acids is 1. The normalized spacial score (nSPS) is 31.2. The van der Waals surface area contributed by atoms with E-state index in [-0.39, 0.29) is 17.9 Å². The van der Waals surface area contributed by atoms with Gasteiger partial charge in [-0.15, -0.1) is 0 Å². The van der Waals surface area contributed by atoms with Gasteiger partial charge in [0.1, 0.15) is 0 Å². The fraction of sp³-hybridized carbons (Fsp3) is 0.833. The first-order chi connectivity index (χ1) is 8.13. The second kappa shape index (κ2) is 5.04. The number of carboxylic acids is 1. The molecule has 5 nitrogen and oxygen atoms in total. The van der Waals surface area contributed by atoms with Crippen LogP contribution in [0.5, 0.6) is 0 Å². The van der Waals surface area contributed by atoms with E-state index in [0.29, 0.717) is 19.5 Å². The molecular weight excluding hydrogens is 222 g/mol. The van der Waals surface area contributed by atoms with Gasteiger partial charge >= 0.3 is 5.97 Å². The van der Waals surface area contributed by atoms with Crippen molar-refractivity contribution < 1.29 is 19.4 Å². The summed E-state index contributed by atoms with van der Waals surface area (Å²) in [5.41, 5.74) is 0. The van der Waals surface area contributed by atoms with Crippen molar-refractivity contribution in [3.8, 4) is 0 Å². The third-order valence-corrected chi connectivity index (χ3v) is 3.57. The number of hydrogen-bond donors (Lipinski definition) is 1. The van der Waals surface area contributed by atoms with Gasteiger partial charge in [-0.3, -0.25) is 9.59 Å². The molecule has 0 spiro atoms. The number of amides is 1. The van der Waals surface area contributed by atoms with Crippen LogP contribution in [0.25, 0.3) is 0 Å². The van der Waals surface area contributed by atoms with Gasteiger partial charge in [0.2, 0.25) is 5.91 Å². The molecule has 0 aromatic heterocycles. The zero-order chi connectivity index (χ0) is 12.4. The van der Waals surface area contributed by atoms with Crippen LogP contribution >= 0.6 is 0 Å². The Morgan fingerprint density at radius 2 is 2.18 bits per heavy atom. The number of ether oxygens (including phenoxy) is 1. The van der Waals surface area contributed by atoms with Crippen molar-refractivity contribution in [1.29, 1.82) is 0 Å². The smallest absolute Gasteiger partial charge is 0.307 e. The predicted octanol–water partition coefficient (Wildman–Crippen LogP) is 0.735. The maximum atomic E-state index is 12.0. The molecule has 2 fully saturated rings. The summed E-state index contributed by atoms with van der Waals surface area (Å²) in [5, 5.41) is 8.82. The molecule has 1 amide bonds. The fourth-order valence-corrected chi connectivity index (χ4v) is 2.38. The van der Waals surface area contributed by atoms with Crippen LogP contribution in [0.1, 0.15) is 26.2 Å². The minimum Gasteiger partial charge on any atom is -0.481 e. The van der Waals surface area contributed by atoms with Crippen molar-refractivity contribution in [3.05, 3.63) is 0 Å². The van der Waals surface area contributed by atoms with Gasteiger partial charge < -0.3 is 14.7 Å². The number of nitrogens with zero attached hydrogens (tertiary/aromatic N) is 1. The highest BCUT2D eigenvalue weighted by Gasteiger charge is 2.49. The molecule has 1 saturated heterocycles. The summed E-state index contributed by atoms with van der Waals surface area (Å²) >= 11 is 0. The second-order valence-corrected chi connectivity index (χ2v) is 4.80. The molecule has 1 unspecified atom stereocenters. The minimum absolute atomic E-state index is 0.0181. The summed E-state index contributed by atoms with van der Waals surface area (Å²) in [6, 6.07) is 0. The van der Waals surface area contributed by atoms with Crippen molar-refractivity contribution in [2.24, 2.45) is 11.8 Å². The first-order valence-electron chi connectivity index (χ1n) is 6.26. The molecule has 5 heteroatoms. The van der Waals surface area contributed by atoms with Gasteiger partial charge in [-0.1, -0.05) is 0 Å². The summed E-state index contributed by atoms with van der Waals surface area (Å²) < 4.78 is 5.50. The number of likely N-dealkylation sites (N-methyl/N-ethyl adjacent to an activating group) is 1. The van der Waals surface area contributed by atoms with Crippen molar-refractivity contribution in [2.45, 2.75) is 32.3 Å². The van der Waals surface area contributed by atoms with Crippen molar-refractivity contribution in [2.75, 3.05) is 19.7 Å². The van der Waals surface area contributed by atoms with Gasteiger partial charge in [0, 0.05) is 19.7 Å². The lowest BCUT2D eigenvalue weighted by Gasteiger charge is -2.24. The Bertz CT molecular complexity index is 312. The van der Waals surface area contributed by atoms with Gasteiger partial charge in [-0.2, -0.15) is 0 Å². The average molecular weight is 241 g/mol. The summed E-state index contributed by atoms with van der Waals surface area (Å²) in [6.45, 7) is 3.93. The quantitative estimate of drug-likeness (QED) is 0.770. The minimum atomic E-state index is -0.850. The molecule has 1 aliphatic heterocycles. The molecule has 0 aromatic carbocycles. The second-order valence-electron chi connectivity index (χ2n) is 4.80. The Labute approximate surface area is 101 Å². The number of hydrogen-bond acceptors (Lipinski definition) is 3. The molecule has 2 aliphatic rings. The van der Waals surface area contributed by atoms with Crippen molar-refractivity contribution in [1.82, 2.24) is 4.90 Å². The monoisotopic (exact) mass is 241 g/mol. The van der Waals surface area contributed by atoms with Gasteiger partial charge in [-0.05, 0) is 26.2 Å². The predicted molar refractivity (Wildman–Crippen MR) is 60.5 cm³/mol. The maximum absolute atomic E-state index is 12.0. The van der Waals surface area contributed by atoms with Gasteiger partial charge in [0.25, 0.3) is 0 Å². The molecule has 17 heavy (non-hydrogen) atoms. The van der Waals surface area contributed by atoms with E-state index in [0.717, 1.165) is 19.4 Å². The number of rotatable bonds is 5. The molecule has 0 bridgehead atoms. The lowest BCUT2D eigenvalue weighted by molar-refractivity contribution is -0.142. The van der Waals surface area contributed by atoms with Crippen molar-refractivity contribution in [3.63, 3.8) is 0 Å². The van der Waals surface area contributed by atoms with E-state index >= 15 is 0 Å². The third-order valence-electron chi connectivity index (χ3n) is 3.57. The highest BCUT2D eigenvalue weighted by atomic mass is 16.5. The highest BCUT2D eigenvalue weighted by molar-refractivity contribution is 5.89. The van der Waals surface area contributed by atoms with E-state index in [9.17, 15) is 9.59 Å². The molecule has 1 saturated carbocycles. The van der Waals surface area contributed by atoms with Crippen LogP contribution in [0.3, 0.4) is 0 Å². The molecule has 1 heterocycles. The molecule has 96 valence electrons. The molecule has 1 aliphatic carbocycles. The first kappa shape index (κ1) is 12.4. The zero-order valence-corrected chi connectivity index (χ0v) is 10.1. The van der Waals surface area contributed by atoms with E-state index in [2.05, 4.69) is 0 Å². The Morgan fingerprint density at radius 1 is 1.41 bits per heavy atom. The fourth-order valence-electron chi connectivity index (χ4n) is 2.38. The van der Waals surface area contributed by atoms with E-state index in [1.807, 2.05) is 6.92 Å². The highest BCUT2D eigenvalue weighted by Crippen LogP contribution is 2.40. The Balaban J connectivity index is 1.85. The van der Waals surface area contributed by atoms with Crippen LogP contribution in [-0.2, 0) is 14.3 Å². The Kier molecular flexibility index (Phi) is 3.66. The Morgan fingerprint density at radius 3 is 2.65 bits per heavy atom. The van der Waals surface area contributed by atoms with E-state index < -0.39 is 11.9 Å². The molecule has 2 rings (SSSR count). The van der Waals surface area contributed by atoms with Crippen molar-refractivity contribution >= 4 is 11.9 Å². The van der Waals surface area contributed by atoms with Gasteiger partial charge in [0.05, 0.1) is 17.9 Å². The van der Waals surface area contributed by atoms with Gasteiger partial charge in [-0.25, -0.2) is 0 Å². The molecular formula is C12H19NO4. The number of carbonyl (C=O) groups is 2. The summed E-state index contributed by atoms with van der Waals surface area (Å²) in [4.78, 5) is 24.5. The topological polar surface area (TPSA) is 66.8 Å². The van der Waals surface area contributed by atoms with Crippen LogP contribution < -0.4 is 0 Å². The number of carboxylic acid groups (broad SMARTS) is 1. The summed E-state index contributed by atoms with van der Waals surface area (Å²) in [7, 11) is 0. The molecule has 0 aromatic rings. The van der Waals surface area contributed by atoms with Crippen LogP contribution in [0.4, 0.5) is 0 Å². The molecule has 3 atom stereocenters. The molecule has 1 N–H and O–H groups in total. The van der Waals surface area contributed by atoms with Crippen LogP contribution in [0.15, 0.2) is 0 Å². The largest absolute Gasteiger partial charge is 0.481 e. The third kappa shape index (κ3) is 2.77.